The fourth-order valence-corrected chi connectivity index (χ4v) is 5.65. The fourth-order valence-electron chi connectivity index (χ4n) is 5.65. The molecule has 0 N–H and O–H groups in total. The van der Waals surface area contributed by atoms with Gasteiger partial charge in [-0.2, -0.15) is 0 Å². The van der Waals surface area contributed by atoms with Gasteiger partial charge in [-0.15, -0.1) is 0 Å². The zero-order chi connectivity index (χ0) is 21.9. The van der Waals surface area contributed by atoms with Gasteiger partial charge in [0, 0.05) is 0 Å². The normalized spacial score (nSPS) is 15.6. The molecular weight excluding hydrogens is 384 g/mol. The zero-order valence-corrected chi connectivity index (χ0v) is 19.4. The van der Waals surface area contributed by atoms with E-state index >= 15 is 0 Å². The second-order valence-electron chi connectivity index (χ2n) is 9.68. The van der Waals surface area contributed by atoms with Crippen LogP contribution in [-0.2, 0) is 12.8 Å². The molecule has 0 heteroatoms. The van der Waals surface area contributed by atoms with Crippen molar-refractivity contribution in [1.82, 2.24) is 0 Å². The maximum atomic E-state index is 2.48. The van der Waals surface area contributed by atoms with Gasteiger partial charge >= 0.3 is 0 Å². The molecule has 0 aliphatic heterocycles. The highest BCUT2D eigenvalue weighted by molar-refractivity contribution is 5.86. The molecule has 1 aliphatic carbocycles. The van der Waals surface area contributed by atoms with Crippen molar-refractivity contribution < 1.29 is 0 Å². The molecular formula is C32H34. The van der Waals surface area contributed by atoms with Crippen LogP contribution in [0.2, 0.25) is 0 Å². The molecule has 0 bridgehead atoms. The Morgan fingerprint density at radius 1 is 0.656 bits per heavy atom. The molecule has 0 amide bonds. The molecule has 0 aromatic heterocycles. The Labute approximate surface area is 193 Å². The van der Waals surface area contributed by atoms with Crippen molar-refractivity contribution in [3.63, 3.8) is 0 Å². The Balaban J connectivity index is 1.49. The van der Waals surface area contributed by atoms with Gasteiger partial charge in [-0.05, 0) is 88.4 Å². The summed E-state index contributed by atoms with van der Waals surface area (Å²) in [5.74, 6) is 1.68. The lowest BCUT2D eigenvalue weighted by atomic mass is 9.76. The second-order valence-corrected chi connectivity index (χ2v) is 9.68. The molecule has 0 heterocycles. The average Bonchev–Trinajstić information content (AvgIpc) is 2.82. The number of hydrogen-bond acceptors (Lipinski definition) is 0. The summed E-state index contributed by atoms with van der Waals surface area (Å²) >= 11 is 0. The standard InChI is InChI=1S/C32H34/c1-3-24(25-10-5-4-6-11-25)21-30(32-15-9-13-27-12-7-8-14-31(27)32)20-23(2)28-18-16-26-17-19-29(26)22-28/h4-16,18,22-24,30H,3,17,19-21H2,1-2H3. The number of fused-ring (bicyclic) bond motifs is 2. The zero-order valence-electron chi connectivity index (χ0n) is 19.4. The SMILES string of the molecule is CCC(CC(CC(C)c1ccc2c(c1)CC2)c1cccc2ccccc12)c1ccccc1. The third-order valence-corrected chi connectivity index (χ3v) is 7.70. The summed E-state index contributed by atoms with van der Waals surface area (Å²) in [5.41, 5.74) is 7.65. The lowest BCUT2D eigenvalue weighted by Crippen LogP contribution is -2.12. The quantitative estimate of drug-likeness (QED) is 0.268. The van der Waals surface area contributed by atoms with E-state index in [9.17, 15) is 0 Å². The molecule has 0 spiro atoms. The molecule has 0 saturated carbocycles. The van der Waals surface area contributed by atoms with E-state index in [1.165, 1.54) is 59.6 Å². The molecule has 4 aromatic rings. The molecule has 162 valence electrons. The molecule has 4 aromatic carbocycles. The van der Waals surface area contributed by atoms with Crippen molar-refractivity contribution in [2.24, 2.45) is 0 Å². The average molecular weight is 419 g/mol. The molecule has 3 unspecified atom stereocenters. The van der Waals surface area contributed by atoms with Crippen LogP contribution in [-0.4, -0.2) is 0 Å². The van der Waals surface area contributed by atoms with Gasteiger partial charge in [0.15, 0.2) is 0 Å². The van der Waals surface area contributed by atoms with Crippen molar-refractivity contribution in [2.75, 3.05) is 0 Å². The van der Waals surface area contributed by atoms with Gasteiger partial charge in [-0.3, -0.25) is 0 Å². The van der Waals surface area contributed by atoms with E-state index in [1.54, 1.807) is 11.1 Å². The van der Waals surface area contributed by atoms with Crippen molar-refractivity contribution >= 4 is 10.8 Å². The van der Waals surface area contributed by atoms with E-state index in [-0.39, 0.29) is 0 Å². The van der Waals surface area contributed by atoms with Crippen molar-refractivity contribution in [2.45, 2.75) is 63.7 Å². The van der Waals surface area contributed by atoms with Crippen LogP contribution < -0.4 is 0 Å². The van der Waals surface area contributed by atoms with Crippen LogP contribution >= 0.6 is 0 Å². The smallest absolute Gasteiger partial charge is 0.0144 e. The van der Waals surface area contributed by atoms with Crippen molar-refractivity contribution in [1.29, 1.82) is 0 Å². The van der Waals surface area contributed by atoms with Gasteiger partial charge in [0.05, 0.1) is 0 Å². The lowest BCUT2D eigenvalue weighted by molar-refractivity contribution is 0.469. The fraction of sp³-hybridized carbons (Fsp3) is 0.312. The second kappa shape index (κ2) is 9.33. The predicted octanol–water partition coefficient (Wildman–Crippen LogP) is 8.80. The van der Waals surface area contributed by atoms with E-state index in [0.717, 1.165) is 0 Å². The Morgan fingerprint density at radius 2 is 1.41 bits per heavy atom. The van der Waals surface area contributed by atoms with Crippen LogP contribution in [0.3, 0.4) is 0 Å². The molecule has 0 fully saturated rings. The van der Waals surface area contributed by atoms with Gasteiger partial charge in [0.25, 0.3) is 0 Å². The largest absolute Gasteiger partial charge is 0.0648 e. The minimum Gasteiger partial charge on any atom is -0.0648 e. The Bertz CT molecular complexity index is 1180. The first-order valence-corrected chi connectivity index (χ1v) is 12.4. The van der Waals surface area contributed by atoms with Gasteiger partial charge in [0.1, 0.15) is 0 Å². The molecule has 1 aliphatic rings. The van der Waals surface area contributed by atoms with Gasteiger partial charge in [-0.1, -0.05) is 105 Å². The molecule has 3 atom stereocenters. The van der Waals surface area contributed by atoms with Crippen LogP contribution in [0.25, 0.3) is 10.8 Å². The highest BCUT2D eigenvalue weighted by Gasteiger charge is 2.24. The highest BCUT2D eigenvalue weighted by atomic mass is 14.3. The van der Waals surface area contributed by atoms with Gasteiger partial charge in [0.2, 0.25) is 0 Å². The van der Waals surface area contributed by atoms with Crippen LogP contribution in [0.15, 0.2) is 91.0 Å². The highest BCUT2D eigenvalue weighted by Crippen LogP contribution is 2.41. The van der Waals surface area contributed by atoms with E-state index in [4.69, 9.17) is 0 Å². The third-order valence-electron chi connectivity index (χ3n) is 7.70. The first-order chi connectivity index (χ1) is 15.7. The Hall–Kier alpha value is -2.86. The Morgan fingerprint density at radius 3 is 2.16 bits per heavy atom. The van der Waals surface area contributed by atoms with E-state index in [0.29, 0.717) is 17.8 Å². The molecule has 0 saturated heterocycles. The summed E-state index contributed by atoms with van der Waals surface area (Å²) in [5, 5.41) is 2.78. The first kappa shape index (κ1) is 21.0. The third kappa shape index (κ3) is 4.24. The minimum atomic E-state index is 0.535. The van der Waals surface area contributed by atoms with Gasteiger partial charge in [-0.25, -0.2) is 0 Å². The molecule has 0 radical (unpaired) electrons. The van der Waals surface area contributed by atoms with Crippen molar-refractivity contribution in [3.05, 3.63) is 119 Å². The van der Waals surface area contributed by atoms with E-state index in [1.807, 2.05) is 0 Å². The maximum Gasteiger partial charge on any atom is -0.0144 e. The summed E-state index contributed by atoms with van der Waals surface area (Å²) in [6.07, 6.45) is 6.09. The van der Waals surface area contributed by atoms with E-state index in [2.05, 4.69) is 105 Å². The van der Waals surface area contributed by atoms with Crippen LogP contribution in [0.1, 0.15) is 78.7 Å². The molecule has 32 heavy (non-hydrogen) atoms. The summed E-state index contributed by atoms with van der Waals surface area (Å²) in [6, 6.07) is 34.2. The van der Waals surface area contributed by atoms with Crippen LogP contribution in [0.4, 0.5) is 0 Å². The minimum absolute atomic E-state index is 0.535. The topological polar surface area (TPSA) is 0 Å². The molecule has 5 rings (SSSR count). The monoisotopic (exact) mass is 418 g/mol. The number of hydrogen-bond donors (Lipinski definition) is 0. The number of rotatable bonds is 8. The Kier molecular flexibility index (Phi) is 6.12. The number of benzene rings is 4. The summed E-state index contributed by atoms with van der Waals surface area (Å²) in [7, 11) is 0. The van der Waals surface area contributed by atoms with Crippen LogP contribution in [0.5, 0.6) is 0 Å². The van der Waals surface area contributed by atoms with Crippen molar-refractivity contribution in [3.8, 4) is 0 Å². The predicted molar refractivity (Wildman–Crippen MR) is 138 cm³/mol. The molecule has 0 nitrogen and oxygen atoms in total. The summed E-state index contributed by atoms with van der Waals surface area (Å²) < 4.78 is 0. The van der Waals surface area contributed by atoms with Gasteiger partial charge < -0.3 is 0 Å². The van der Waals surface area contributed by atoms with E-state index < -0.39 is 0 Å². The maximum absolute atomic E-state index is 2.48. The summed E-state index contributed by atoms with van der Waals surface area (Å²) in [4.78, 5) is 0. The number of aryl methyl sites for hydroxylation is 2. The summed E-state index contributed by atoms with van der Waals surface area (Å²) in [6.45, 7) is 4.78. The lowest BCUT2D eigenvalue weighted by Gasteiger charge is -2.28. The van der Waals surface area contributed by atoms with Crippen LogP contribution in [0, 0.1) is 0 Å². The first-order valence-electron chi connectivity index (χ1n) is 12.4.